The first-order valence-corrected chi connectivity index (χ1v) is 21.3. The van der Waals surface area contributed by atoms with Crippen LogP contribution in [-0.2, 0) is 29.0 Å². The Labute approximate surface area is 299 Å². The first-order valence-electron chi connectivity index (χ1n) is 16.8. The number of fused-ring (bicyclic) bond motifs is 1. The van der Waals surface area contributed by atoms with Gasteiger partial charge in [0.15, 0.2) is 5.01 Å². The SMILES string of the molecule is Cc1nsc(-c2ccc3c(-c4nc(N[C@@H]5CC[C@@H](C)N(C(=O)OCc6ccccc6)C5)ncc4C(F)(F)F)cn(COCC[Si](C)(C)C)c3n2)n1. The number of aromatic nitrogens is 6. The Bertz CT molecular complexity index is 1980. The summed E-state index contributed by atoms with van der Waals surface area (Å²) in [6, 6.07) is 13.4. The van der Waals surface area contributed by atoms with Crippen LogP contribution in [0.1, 0.15) is 36.7 Å². The number of aryl methyl sites for hydroxylation is 1. The lowest BCUT2D eigenvalue weighted by Gasteiger charge is -2.37. The van der Waals surface area contributed by atoms with Gasteiger partial charge in [0.25, 0.3) is 0 Å². The normalized spacial score (nSPS) is 16.8. The van der Waals surface area contributed by atoms with Gasteiger partial charge in [-0.2, -0.15) is 17.5 Å². The van der Waals surface area contributed by atoms with Crippen molar-refractivity contribution in [2.75, 3.05) is 18.5 Å². The van der Waals surface area contributed by atoms with Crippen molar-refractivity contribution in [2.45, 2.75) is 84.0 Å². The Balaban J connectivity index is 1.30. The van der Waals surface area contributed by atoms with Crippen LogP contribution in [0.3, 0.4) is 0 Å². The molecule has 1 aliphatic rings. The third-order valence-corrected chi connectivity index (χ3v) is 11.2. The standard InChI is InChI=1S/C35H41F3N8O3SSi/c1-22-11-12-25(18-46(22)34(47)49-20-24-9-7-6-8-10-24)41-33-39-17-28(35(36,37)38)30(43-33)27-19-45(21-48-15-16-51(3,4)5)31-26(27)13-14-29(42-31)32-40-23(2)44-50-32/h6-10,13-14,17,19,22,25H,11-12,15-16,18,20-21H2,1-5H3,(H,39,41,43)/t22-,25-/m1/s1. The van der Waals surface area contributed by atoms with E-state index in [1.165, 1.54) is 11.5 Å². The highest BCUT2D eigenvalue weighted by molar-refractivity contribution is 7.09. The van der Waals surface area contributed by atoms with Crippen LogP contribution in [0, 0.1) is 6.92 Å². The van der Waals surface area contributed by atoms with E-state index in [2.05, 4.69) is 44.3 Å². The summed E-state index contributed by atoms with van der Waals surface area (Å²) in [7, 11) is -1.38. The number of carbonyl (C=O) groups excluding carboxylic acids is 1. The van der Waals surface area contributed by atoms with Crippen LogP contribution in [0.2, 0.25) is 25.7 Å². The number of likely N-dealkylation sites (tertiary alicyclic amines) is 1. The number of hydrogen-bond donors (Lipinski definition) is 1. The van der Waals surface area contributed by atoms with Crippen LogP contribution in [0.5, 0.6) is 0 Å². The van der Waals surface area contributed by atoms with Gasteiger partial charge in [0.05, 0.1) is 5.69 Å². The number of pyridine rings is 1. The first-order chi connectivity index (χ1) is 24.2. The van der Waals surface area contributed by atoms with Crippen molar-refractivity contribution in [1.82, 2.24) is 33.8 Å². The second kappa shape index (κ2) is 15.1. The Kier molecular flexibility index (Phi) is 10.7. The van der Waals surface area contributed by atoms with Crippen molar-refractivity contribution in [1.29, 1.82) is 0 Å². The maximum atomic E-state index is 14.5. The van der Waals surface area contributed by atoms with Crippen molar-refractivity contribution in [3.63, 3.8) is 0 Å². The maximum absolute atomic E-state index is 14.5. The molecule has 0 spiro atoms. The van der Waals surface area contributed by atoms with E-state index in [9.17, 15) is 18.0 Å². The van der Waals surface area contributed by atoms with Crippen molar-refractivity contribution < 1.29 is 27.4 Å². The molecule has 0 radical (unpaired) electrons. The minimum absolute atomic E-state index is 0.0244. The van der Waals surface area contributed by atoms with Crippen molar-refractivity contribution in [3.8, 4) is 22.0 Å². The van der Waals surface area contributed by atoms with Crippen molar-refractivity contribution in [3.05, 3.63) is 71.8 Å². The van der Waals surface area contributed by atoms with Gasteiger partial charge < -0.3 is 24.3 Å². The van der Waals surface area contributed by atoms with Crippen LogP contribution >= 0.6 is 11.5 Å². The third-order valence-electron chi connectivity index (χ3n) is 8.70. The van der Waals surface area contributed by atoms with Gasteiger partial charge in [0.2, 0.25) is 5.95 Å². The number of alkyl halides is 3. The number of nitrogens with one attached hydrogen (secondary N) is 1. The molecule has 51 heavy (non-hydrogen) atoms. The molecular formula is C35H41F3N8O3SSi. The lowest BCUT2D eigenvalue weighted by molar-refractivity contribution is -0.137. The average molecular weight is 739 g/mol. The molecule has 1 amide bonds. The Morgan fingerprint density at radius 1 is 1.08 bits per heavy atom. The quantitative estimate of drug-likeness (QED) is 0.106. The van der Waals surface area contributed by atoms with Gasteiger partial charge in [-0.1, -0.05) is 50.0 Å². The smallest absolute Gasteiger partial charge is 0.419 e. The monoisotopic (exact) mass is 738 g/mol. The second-order valence-electron chi connectivity index (χ2n) is 14.0. The van der Waals surface area contributed by atoms with Crippen LogP contribution < -0.4 is 5.32 Å². The van der Waals surface area contributed by atoms with Crippen LogP contribution in [0.25, 0.3) is 33.0 Å². The Morgan fingerprint density at radius 3 is 2.57 bits per heavy atom. The minimum atomic E-state index is -4.73. The summed E-state index contributed by atoms with van der Waals surface area (Å²) in [5.41, 5.74) is 0.857. The Hall–Kier alpha value is -4.41. The summed E-state index contributed by atoms with van der Waals surface area (Å²) < 4.78 is 61.2. The number of nitrogens with zero attached hydrogens (tertiary/aromatic N) is 7. The number of piperidine rings is 1. The van der Waals surface area contributed by atoms with Crippen LogP contribution in [-0.4, -0.2) is 73.2 Å². The highest BCUT2D eigenvalue weighted by atomic mass is 32.1. The van der Waals surface area contributed by atoms with Gasteiger partial charge in [-0.15, -0.1) is 0 Å². The topological polar surface area (TPSA) is 120 Å². The van der Waals surface area contributed by atoms with Crippen molar-refractivity contribution >= 4 is 42.7 Å². The van der Waals surface area contributed by atoms with Gasteiger partial charge in [0, 0.05) is 56.7 Å². The van der Waals surface area contributed by atoms with Crippen LogP contribution in [0.15, 0.2) is 54.9 Å². The molecule has 1 fully saturated rings. The molecule has 6 rings (SSSR count). The number of ether oxygens (including phenoxy) is 2. The van der Waals surface area contributed by atoms with E-state index in [1.807, 2.05) is 37.3 Å². The zero-order valence-corrected chi connectivity index (χ0v) is 31.0. The molecule has 0 saturated carbocycles. The highest BCUT2D eigenvalue weighted by Crippen LogP contribution is 2.40. The number of hydrogen-bond acceptors (Lipinski definition) is 10. The highest BCUT2D eigenvalue weighted by Gasteiger charge is 2.37. The number of amides is 1. The fraction of sp³-hybridized carbons (Fsp3) is 0.429. The summed E-state index contributed by atoms with van der Waals surface area (Å²) >= 11 is 1.20. The molecule has 5 heterocycles. The zero-order valence-electron chi connectivity index (χ0n) is 29.2. The predicted octanol–water partition coefficient (Wildman–Crippen LogP) is 8.25. The lowest BCUT2D eigenvalue weighted by Crippen LogP contribution is -2.50. The number of halogens is 3. The molecule has 11 nitrogen and oxygen atoms in total. The zero-order chi connectivity index (χ0) is 36.3. The van der Waals surface area contributed by atoms with Gasteiger partial charge in [0.1, 0.15) is 36.1 Å². The van der Waals surface area contributed by atoms with Crippen LogP contribution in [0.4, 0.5) is 23.9 Å². The van der Waals surface area contributed by atoms with E-state index in [-0.39, 0.29) is 49.2 Å². The molecule has 2 atom stereocenters. The molecular weight excluding hydrogens is 698 g/mol. The summed E-state index contributed by atoms with van der Waals surface area (Å²) in [6.07, 6.45) is -1.44. The molecule has 1 aliphatic heterocycles. The number of anilines is 1. The summed E-state index contributed by atoms with van der Waals surface area (Å²) in [6.45, 7) is 11.5. The summed E-state index contributed by atoms with van der Waals surface area (Å²) in [5, 5.41) is 4.28. The first kappa shape index (κ1) is 36.4. The molecule has 0 bridgehead atoms. The molecule has 4 aromatic heterocycles. The third kappa shape index (κ3) is 8.91. The fourth-order valence-corrected chi connectivity index (χ4v) is 7.24. The summed E-state index contributed by atoms with van der Waals surface area (Å²) in [5.74, 6) is 0.634. The summed E-state index contributed by atoms with van der Waals surface area (Å²) in [4.78, 5) is 32.5. The minimum Gasteiger partial charge on any atom is -0.445 e. The number of carbonyl (C=O) groups is 1. The molecule has 16 heteroatoms. The lowest BCUT2D eigenvalue weighted by atomic mass is 10.00. The second-order valence-corrected chi connectivity index (χ2v) is 20.4. The number of rotatable bonds is 11. The fourth-order valence-electron chi connectivity index (χ4n) is 5.84. The molecule has 0 unspecified atom stereocenters. The molecule has 1 aromatic carbocycles. The van der Waals surface area contributed by atoms with E-state index < -0.39 is 25.9 Å². The van der Waals surface area contributed by atoms with Gasteiger partial charge in [-0.05, 0) is 62.0 Å². The average Bonchev–Trinajstić information content (AvgIpc) is 3.69. The number of benzene rings is 1. The van der Waals surface area contributed by atoms with Crippen molar-refractivity contribution in [2.24, 2.45) is 0 Å². The molecule has 1 saturated heterocycles. The van der Waals surface area contributed by atoms with E-state index in [1.54, 1.807) is 34.7 Å². The van der Waals surface area contributed by atoms with E-state index in [4.69, 9.17) is 14.5 Å². The van der Waals surface area contributed by atoms with Gasteiger partial charge >= 0.3 is 12.3 Å². The van der Waals surface area contributed by atoms with E-state index in [0.717, 1.165) is 17.8 Å². The molecule has 0 aliphatic carbocycles. The Morgan fingerprint density at radius 2 is 1.86 bits per heavy atom. The largest absolute Gasteiger partial charge is 0.445 e. The van der Waals surface area contributed by atoms with E-state index >= 15 is 0 Å². The van der Waals surface area contributed by atoms with E-state index in [0.29, 0.717) is 47.0 Å². The molecule has 1 N–H and O–H groups in total. The maximum Gasteiger partial charge on any atom is 0.419 e. The van der Waals surface area contributed by atoms with Gasteiger partial charge in [-0.25, -0.2) is 24.7 Å². The molecule has 5 aromatic rings. The van der Waals surface area contributed by atoms with Gasteiger partial charge in [-0.3, -0.25) is 0 Å². The predicted molar refractivity (Wildman–Crippen MR) is 193 cm³/mol. The molecule has 270 valence electrons.